The molecule has 0 aliphatic rings. The molecule has 2 heterocycles. The Morgan fingerprint density at radius 3 is 2.61 bits per heavy atom. The number of hydrogen-bond donors (Lipinski definition) is 2. The zero-order chi connectivity index (χ0) is 25.8. The van der Waals surface area contributed by atoms with E-state index in [1.807, 2.05) is 57.3 Å². The highest BCUT2D eigenvalue weighted by atomic mass is 35.5. The van der Waals surface area contributed by atoms with Crippen molar-refractivity contribution in [3.63, 3.8) is 0 Å². The van der Waals surface area contributed by atoms with Gasteiger partial charge >= 0.3 is 0 Å². The van der Waals surface area contributed by atoms with E-state index >= 15 is 0 Å². The average molecular weight is 506 g/mol. The summed E-state index contributed by atoms with van der Waals surface area (Å²) in [6.07, 6.45) is 0. The minimum Gasteiger partial charge on any atom is -0.497 e. The van der Waals surface area contributed by atoms with Crippen LogP contribution in [0.1, 0.15) is 19.4 Å². The van der Waals surface area contributed by atoms with Crippen LogP contribution < -0.4 is 20.9 Å². The van der Waals surface area contributed by atoms with Gasteiger partial charge < -0.3 is 15.4 Å². The number of hydrogen-bond acceptors (Lipinski definition) is 6. The van der Waals surface area contributed by atoms with Gasteiger partial charge in [-0.3, -0.25) is 14.2 Å². The molecule has 0 fully saturated rings. The van der Waals surface area contributed by atoms with E-state index in [9.17, 15) is 9.59 Å². The lowest BCUT2D eigenvalue weighted by Crippen LogP contribution is -2.37. The van der Waals surface area contributed by atoms with Crippen molar-refractivity contribution in [2.75, 3.05) is 14.2 Å². The summed E-state index contributed by atoms with van der Waals surface area (Å²) in [6, 6.07) is 16.4. The molecule has 1 amide bonds. The third-order valence-corrected chi connectivity index (χ3v) is 5.74. The van der Waals surface area contributed by atoms with E-state index in [-0.39, 0.29) is 24.0 Å². The number of carbonyl (C=O) groups excluding carboxylic acids is 1. The van der Waals surface area contributed by atoms with Crippen LogP contribution in [-0.4, -0.2) is 40.6 Å². The smallest absolute Gasteiger partial charge is 0.280 e. The van der Waals surface area contributed by atoms with Gasteiger partial charge in [-0.25, -0.2) is 9.97 Å². The number of nitrogens with one attached hydrogen (secondary N) is 2. The molecule has 8 nitrogen and oxygen atoms in total. The second-order valence-corrected chi connectivity index (χ2v) is 9.16. The lowest BCUT2D eigenvalue weighted by Gasteiger charge is -2.15. The number of carbonyl (C=O) groups is 1. The van der Waals surface area contributed by atoms with Crippen LogP contribution in [0.15, 0.2) is 59.4 Å². The highest BCUT2D eigenvalue weighted by Crippen LogP contribution is 2.27. The fourth-order valence-corrected chi connectivity index (χ4v) is 4.26. The van der Waals surface area contributed by atoms with Crippen LogP contribution in [0, 0.1) is 0 Å². The highest BCUT2D eigenvalue weighted by Gasteiger charge is 2.18. The molecular weight excluding hydrogens is 478 g/mol. The summed E-state index contributed by atoms with van der Waals surface area (Å²) in [4.78, 5) is 35.8. The number of benzene rings is 2. The Kier molecular flexibility index (Phi) is 7.67. The number of pyridine rings is 1. The molecule has 0 unspecified atom stereocenters. The van der Waals surface area contributed by atoms with Gasteiger partial charge in [-0.2, -0.15) is 0 Å². The second-order valence-electron chi connectivity index (χ2n) is 8.72. The van der Waals surface area contributed by atoms with Crippen molar-refractivity contribution in [1.29, 1.82) is 0 Å². The molecule has 2 aromatic heterocycles. The van der Waals surface area contributed by atoms with Crippen LogP contribution in [0.3, 0.4) is 0 Å². The van der Waals surface area contributed by atoms with Crippen LogP contribution in [-0.2, 0) is 17.9 Å². The van der Waals surface area contributed by atoms with Gasteiger partial charge in [-0.1, -0.05) is 23.7 Å². The van der Waals surface area contributed by atoms with Crippen molar-refractivity contribution in [3.05, 3.63) is 75.5 Å². The molecule has 2 N–H and O–H groups in total. The second kappa shape index (κ2) is 10.9. The van der Waals surface area contributed by atoms with Gasteiger partial charge in [0, 0.05) is 28.7 Å². The predicted octanol–water partition coefficient (Wildman–Crippen LogP) is 4.03. The zero-order valence-corrected chi connectivity index (χ0v) is 21.4. The minimum atomic E-state index is -0.406. The fraction of sp³-hybridized carbons (Fsp3) is 0.259. The largest absolute Gasteiger partial charge is 0.497 e. The van der Waals surface area contributed by atoms with Crippen LogP contribution >= 0.6 is 11.6 Å². The van der Waals surface area contributed by atoms with Crippen molar-refractivity contribution in [1.82, 2.24) is 25.2 Å². The Morgan fingerprint density at radius 1 is 1.08 bits per heavy atom. The number of aromatic nitrogens is 3. The third kappa shape index (κ3) is 5.56. The van der Waals surface area contributed by atoms with Crippen LogP contribution in [0.5, 0.6) is 5.75 Å². The average Bonchev–Trinajstić information content (AvgIpc) is 2.85. The quantitative estimate of drug-likeness (QED) is 0.375. The van der Waals surface area contributed by atoms with Crippen molar-refractivity contribution in [2.24, 2.45) is 0 Å². The molecule has 9 heteroatoms. The van der Waals surface area contributed by atoms with Gasteiger partial charge in [-0.15, -0.1) is 0 Å². The Morgan fingerprint density at radius 2 is 1.89 bits per heavy atom. The standard InChI is InChI=1S/C27H28ClN5O3/c1-16(2)30-24(34)15-33-26(18-6-5-7-21(13-18)36-4)32-23-9-8-22(31-25(23)27(33)35)19-10-17(14-29-3)11-20(28)12-19/h5-13,16,29H,14-15H2,1-4H3,(H,30,34). The first-order valence-corrected chi connectivity index (χ1v) is 12.0. The van der Waals surface area contributed by atoms with Crippen molar-refractivity contribution in [2.45, 2.75) is 33.0 Å². The molecule has 186 valence electrons. The Bertz CT molecular complexity index is 1480. The van der Waals surface area contributed by atoms with Gasteiger partial charge in [0.2, 0.25) is 5.91 Å². The molecule has 0 bridgehead atoms. The number of amides is 1. The molecule has 4 rings (SSSR count). The summed E-state index contributed by atoms with van der Waals surface area (Å²) in [5, 5.41) is 6.52. The lowest BCUT2D eigenvalue weighted by atomic mass is 10.1. The van der Waals surface area contributed by atoms with Crippen LogP contribution in [0.2, 0.25) is 5.02 Å². The van der Waals surface area contributed by atoms with Gasteiger partial charge in [0.15, 0.2) is 5.52 Å². The first-order valence-electron chi connectivity index (χ1n) is 11.6. The van der Waals surface area contributed by atoms with E-state index in [1.54, 1.807) is 25.3 Å². The number of methoxy groups -OCH3 is 1. The number of fused-ring (bicyclic) bond motifs is 1. The summed E-state index contributed by atoms with van der Waals surface area (Å²) >= 11 is 6.33. The minimum absolute atomic E-state index is 0.0683. The SMILES string of the molecule is CNCc1cc(Cl)cc(-c2ccc3nc(-c4cccc(OC)c4)n(CC(=O)NC(C)C)c(=O)c3n2)c1. The molecular formula is C27H28ClN5O3. The Balaban J connectivity index is 1.90. The van der Waals surface area contributed by atoms with Gasteiger partial charge in [0.05, 0.1) is 18.3 Å². The van der Waals surface area contributed by atoms with E-state index < -0.39 is 5.56 Å². The van der Waals surface area contributed by atoms with Gasteiger partial charge in [-0.05, 0) is 68.9 Å². The Labute approximate surface area is 214 Å². The molecule has 0 atom stereocenters. The van der Waals surface area contributed by atoms with Crippen LogP contribution in [0.25, 0.3) is 33.7 Å². The van der Waals surface area contributed by atoms with Crippen LogP contribution in [0.4, 0.5) is 0 Å². The number of rotatable bonds is 8. The molecule has 0 spiro atoms. The first-order chi connectivity index (χ1) is 17.3. The molecule has 36 heavy (non-hydrogen) atoms. The topological polar surface area (TPSA) is 98.1 Å². The monoisotopic (exact) mass is 505 g/mol. The van der Waals surface area contributed by atoms with E-state index in [1.165, 1.54) is 4.57 Å². The maximum Gasteiger partial charge on any atom is 0.280 e. The van der Waals surface area contributed by atoms with Gasteiger partial charge in [0.25, 0.3) is 5.56 Å². The van der Waals surface area contributed by atoms with E-state index in [0.29, 0.717) is 39.9 Å². The summed E-state index contributed by atoms with van der Waals surface area (Å²) in [7, 11) is 3.43. The summed E-state index contributed by atoms with van der Waals surface area (Å²) in [5.74, 6) is 0.686. The molecule has 0 saturated heterocycles. The third-order valence-electron chi connectivity index (χ3n) is 5.52. The first kappa shape index (κ1) is 25.3. The highest BCUT2D eigenvalue weighted by molar-refractivity contribution is 6.31. The van der Waals surface area contributed by atoms with Gasteiger partial charge in [0.1, 0.15) is 18.1 Å². The van der Waals surface area contributed by atoms with E-state index in [2.05, 4.69) is 15.6 Å². The Hall–Kier alpha value is -3.75. The zero-order valence-electron chi connectivity index (χ0n) is 20.6. The van der Waals surface area contributed by atoms with E-state index in [4.69, 9.17) is 21.3 Å². The summed E-state index contributed by atoms with van der Waals surface area (Å²) in [5.41, 5.74) is 3.23. The molecule has 4 aromatic rings. The summed E-state index contributed by atoms with van der Waals surface area (Å²) in [6.45, 7) is 4.18. The maximum absolute atomic E-state index is 13.7. The molecule has 0 aliphatic carbocycles. The van der Waals surface area contributed by atoms with E-state index in [0.717, 1.165) is 11.1 Å². The lowest BCUT2D eigenvalue weighted by molar-refractivity contribution is -0.122. The number of nitrogens with zero attached hydrogens (tertiary/aromatic N) is 3. The summed E-state index contributed by atoms with van der Waals surface area (Å²) < 4.78 is 6.70. The van der Waals surface area contributed by atoms with Crippen molar-refractivity contribution in [3.8, 4) is 28.4 Å². The number of ether oxygens (including phenoxy) is 1. The molecule has 0 aliphatic heterocycles. The number of halogens is 1. The fourth-order valence-electron chi connectivity index (χ4n) is 4.00. The molecule has 2 aromatic carbocycles. The van der Waals surface area contributed by atoms with Crippen molar-refractivity contribution < 1.29 is 9.53 Å². The molecule has 0 saturated carbocycles. The van der Waals surface area contributed by atoms with Crippen molar-refractivity contribution >= 4 is 28.5 Å². The maximum atomic E-state index is 13.7. The normalized spacial score (nSPS) is 11.2. The molecule has 0 radical (unpaired) electrons. The predicted molar refractivity (Wildman–Crippen MR) is 142 cm³/mol.